The summed E-state index contributed by atoms with van der Waals surface area (Å²) < 4.78 is 13.8. The lowest BCUT2D eigenvalue weighted by Gasteiger charge is -2.32. The average Bonchev–Trinajstić information content (AvgIpc) is 3.66. The lowest BCUT2D eigenvalue weighted by Crippen LogP contribution is -2.44. The number of hydrogen-bond donors (Lipinski definition) is 2. The highest BCUT2D eigenvalue weighted by Crippen LogP contribution is 2.39. The summed E-state index contributed by atoms with van der Waals surface area (Å²) in [5.74, 6) is 1.45. The summed E-state index contributed by atoms with van der Waals surface area (Å²) in [5, 5.41) is 7.24. The number of carbonyl (C=O) groups excluding carboxylic acids is 3. The number of hydrogen-bond acceptors (Lipinski definition) is 11. The first-order valence-electron chi connectivity index (χ1n) is 21.5. The average molecular weight is 810 g/mol. The molecule has 4 aromatic rings. The molecule has 6 rings (SSSR count). The first-order valence-corrected chi connectivity index (χ1v) is 21.5. The smallest absolute Gasteiger partial charge is 0.242 e. The Morgan fingerprint density at radius 1 is 0.983 bits per heavy atom. The van der Waals surface area contributed by atoms with Gasteiger partial charge in [-0.1, -0.05) is 25.3 Å². The van der Waals surface area contributed by atoms with Crippen LogP contribution in [0.5, 0.6) is 5.88 Å². The van der Waals surface area contributed by atoms with Crippen LogP contribution in [-0.2, 0) is 25.5 Å². The number of aldehydes is 1. The van der Waals surface area contributed by atoms with Crippen LogP contribution in [0.4, 0.5) is 23.0 Å². The van der Waals surface area contributed by atoms with E-state index >= 15 is 0 Å². The van der Waals surface area contributed by atoms with Gasteiger partial charge >= 0.3 is 0 Å². The van der Waals surface area contributed by atoms with E-state index in [2.05, 4.69) is 31.3 Å². The minimum atomic E-state index is -0.529. The topological polar surface area (TPSA) is 147 Å². The van der Waals surface area contributed by atoms with E-state index in [0.29, 0.717) is 36.8 Å². The monoisotopic (exact) mass is 809 g/mol. The van der Waals surface area contributed by atoms with Gasteiger partial charge in [0.25, 0.3) is 0 Å². The Labute approximate surface area is 349 Å². The van der Waals surface area contributed by atoms with E-state index in [-0.39, 0.29) is 12.3 Å². The number of fused-ring (bicyclic) bond motifs is 1. The summed E-state index contributed by atoms with van der Waals surface area (Å²) in [6.07, 6.45) is 20.7. The Kier molecular flexibility index (Phi) is 16.1. The molecule has 1 unspecified atom stereocenters. The molecule has 1 saturated heterocycles. The van der Waals surface area contributed by atoms with Gasteiger partial charge < -0.3 is 44.2 Å². The molecule has 2 fully saturated rings. The Balaban J connectivity index is 0.949. The number of nitrogens with zero attached hydrogens (tertiary/aromatic N) is 7. The third kappa shape index (κ3) is 11.4. The summed E-state index contributed by atoms with van der Waals surface area (Å²) in [6.45, 7) is 4.68. The molecule has 0 spiro atoms. The SMILES string of the molecule is CNC(=O)C(CCC=O)N(C)c1ccc(CCCOCCCCN2CCC(c3cn(C4CCCCC4)c4nc(Nc5ccnc(OC)c5)ncc34)CC2)cc1N(C)C=O. The molecule has 2 amide bonds. The standard InChI is InChI=1S/C45H63N9O5/c1-46-44(57)40(15-10-25-55)52(3)39-17-16-33(28-41(39)51(2)32-56)12-11-27-59-26-9-8-22-53-23-19-34(20-24-53)38-31-54(36-13-6-5-7-14-36)43-37(38)30-48-45(50-43)49-35-18-21-47-42(29-35)58-4/h16-18,21,25,28-32,34,36,40H,5-15,19-20,22-24,26-27H2,1-4H3,(H,46,57)(H,47,48,49,50). The molecule has 1 aromatic carbocycles. The van der Waals surface area contributed by atoms with Gasteiger partial charge in [0.05, 0.1) is 18.5 Å². The molecular formula is C45H63N9O5. The van der Waals surface area contributed by atoms with Crippen LogP contribution in [0.25, 0.3) is 11.0 Å². The van der Waals surface area contributed by atoms with Crippen LogP contribution in [-0.4, -0.2) is 110 Å². The quantitative estimate of drug-likeness (QED) is 0.0638. The number of nitrogens with one attached hydrogen (secondary N) is 2. The molecule has 1 aliphatic heterocycles. The molecule has 1 atom stereocenters. The van der Waals surface area contributed by atoms with Gasteiger partial charge in [-0.25, -0.2) is 9.97 Å². The van der Waals surface area contributed by atoms with E-state index in [1.165, 1.54) is 48.0 Å². The number of rotatable bonds is 22. The van der Waals surface area contributed by atoms with E-state index in [4.69, 9.17) is 19.4 Å². The number of ether oxygens (including phenoxy) is 2. The molecule has 1 saturated carbocycles. The Morgan fingerprint density at radius 2 is 1.78 bits per heavy atom. The molecule has 0 bridgehead atoms. The summed E-state index contributed by atoms with van der Waals surface area (Å²) in [6, 6.07) is 9.69. The number of unbranched alkanes of at least 4 members (excludes halogenated alkanes) is 1. The molecule has 3 aromatic heterocycles. The number of likely N-dealkylation sites (N-methyl/N-ethyl adjacent to an activating group) is 2. The van der Waals surface area contributed by atoms with Crippen molar-refractivity contribution in [1.29, 1.82) is 0 Å². The van der Waals surface area contributed by atoms with Gasteiger partial charge in [0, 0.05) is 82.5 Å². The number of methoxy groups -OCH3 is 1. The van der Waals surface area contributed by atoms with Crippen molar-refractivity contribution in [2.75, 3.05) is 76.2 Å². The first kappa shape index (κ1) is 43.5. The highest BCUT2D eigenvalue weighted by Gasteiger charge is 2.28. The van der Waals surface area contributed by atoms with Crippen molar-refractivity contribution < 1.29 is 23.9 Å². The zero-order valence-corrected chi connectivity index (χ0v) is 35.4. The van der Waals surface area contributed by atoms with Crippen molar-refractivity contribution in [2.24, 2.45) is 0 Å². The van der Waals surface area contributed by atoms with Gasteiger partial charge in [0.2, 0.25) is 24.1 Å². The normalized spacial score (nSPS) is 15.8. The zero-order valence-electron chi connectivity index (χ0n) is 35.4. The maximum absolute atomic E-state index is 12.6. The number of benzene rings is 1. The van der Waals surface area contributed by atoms with E-state index < -0.39 is 6.04 Å². The fourth-order valence-corrected chi connectivity index (χ4v) is 8.72. The van der Waals surface area contributed by atoms with Crippen LogP contribution in [0.1, 0.15) is 100 Å². The van der Waals surface area contributed by atoms with Crippen molar-refractivity contribution in [3.8, 4) is 5.88 Å². The van der Waals surface area contributed by atoms with Gasteiger partial charge in [-0.15, -0.1) is 0 Å². The van der Waals surface area contributed by atoms with Crippen molar-refractivity contribution in [3.63, 3.8) is 0 Å². The van der Waals surface area contributed by atoms with Crippen LogP contribution >= 0.6 is 0 Å². The van der Waals surface area contributed by atoms with E-state index in [1.54, 1.807) is 27.4 Å². The van der Waals surface area contributed by atoms with Crippen molar-refractivity contribution in [1.82, 2.24) is 29.7 Å². The summed E-state index contributed by atoms with van der Waals surface area (Å²) in [5.41, 5.74) is 5.84. The van der Waals surface area contributed by atoms with Gasteiger partial charge in [-0.2, -0.15) is 4.98 Å². The van der Waals surface area contributed by atoms with Gasteiger partial charge in [-0.05, 0) is 113 Å². The van der Waals surface area contributed by atoms with E-state index in [9.17, 15) is 14.4 Å². The Hall–Kier alpha value is -5.08. The minimum absolute atomic E-state index is 0.172. The number of piperidine rings is 1. The third-order valence-electron chi connectivity index (χ3n) is 12.1. The number of pyridine rings is 1. The van der Waals surface area contributed by atoms with Crippen LogP contribution in [0, 0.1) is 0 Å². The second-order valence-corrected chi connectivity index (χ2v) is 16.0. The van der Waals surface area contributed by atoms with Gasteiger partial charge in [-0.3, -0.25) is 9.59 Å². The van der Waals surface area contributed by atoms with E-state index in [1.807, 2.05) is 48.5 Å². The fourth-order valence-electron chi connectivity index (χ4n) is 8.72. The van der Waals surface area contributed by atoms with Gasteiger partial charge in [0.1, 0.15) is 18.0 Å². The Bertz CT molecular complexity index is 1970. The number of anilines is 4. The summed E-state index contributed by atoms with van der Waals surface area (Å²) in [7, 11) is 6.73. The number of amides is 2. The van der Waals surface area contributed by atoms with Crippen molar-refractivity contribution in [2.45, 2.75) is 101 Å². The predicted molar refractivity (Wildman–Crippen MR) is 233 cm³/mol. The third-order valence-corrected chi connectivity index (χ3v) is 12.1. The maximum Gasteiger partial charge on any atom is 0.242 e. The molecule has 0 radical (unpaired) electrons. The Morgan fingerprint density at radius 3 is 2.53 bits per heavy atom. The lowest BCUT2D eigenvalue weighted by molar-refractivity contribution is -0.122. The number of aryl methyl sites for hydroxylation is 1. The van der Waals surface area contributed by atoms with Crippen LogP contribution < -0.4 is 25.2 Å². The van der Waals surface area contributed by atoms with Crippen LogP contribution in [0.2, 0.25) is 0 Å². The van der Waals surface area contributed by atoms with Crippen molar-refractivity contribution in [3.05, 3.63) is 60.0 Å². The molecule has 2 N–H and O–H groups in total. The second-order valence-electron chi connectivity index (χ2n) is 16.0. The number of aromatic nitrogens is 4. The summed E-state index contributed by atoms with van der Waals surface area (Å²) in [4.78, 5) is 55.5. The maximum atomic E-state index is 12.6. The molecule has 14 heteroatoms. The summed E-state index contributed by atoms with van der Waals surface area (Å²) >= 11 is 0. The molecule has 4 heterocycles. The molecule has 14 nitrogen and oxygen atoms in total. The van der Waals surface area contributed by atoms with Crippen LogP contribution in [0.15, 0.2) is 48.9 Å². The molecular weight excluding hydrogens is 747 g/mol. The van der Waals surface area contributed by atoms with E-state index in [0.717, 1.165) is 106 Å². The molecule has 1 aliphatic carbocycles. The number of carbonyl (C=O) groups is 3. The van der Waals surface area contributed by atoms with Gasteiger partial charge in [0.15, 0.2) is 0 Å². The largest absolute Gasteiger partial charge is 0.481 e. The van der Waals surface area contributed by atoms with Crippen molar-refractivity contribution >= 4 is 52.6 Å². The first-order chi connectivity index (χ1) is 28.8. The van der Waals surface area contributed by atoms with Crippen LogP contribution in [0.3, 0.4) is 0 Å². The highest BCUT2D eigenvalue weighted by atomic mass is 16.5. The second kappa shape index (κ2) is 21.8. The lowest BCUT2D eigenvalue weighted by atomic mass is 9.89. The molecule has 59 heavy (non-hydrogen) atoms. The minimum Gasteiger partial charge on any atom is -0.481 e. The molecule has 318 valence electrons. The zero-order chi connectivity index (χ0) is 41.6. The number of likely N-dealkylation sites (tertiary alicyclic amines) is 1. The molecule has 2 aliphatic rings. The highest BCUT2D eigenvalue weighted by molar-refractivity contribution is 5.89. The predicted octanol–water partition coefficient (Wildman–Crippen LogP) is 6.82. The fraction of sp³-hybridized carbons (Fsp3) is 0.556.